The Kier molecular flexibility index (Phi) is 2.78. The van der Waals surface area contributed by atoms with Gasteiger partial charge in [0.1, 0.15) is 6.04 Å². The number of rotatable bonds is 2. The predicted octanol–water partition coefficient (Wildman–Crippen LogP) is -0.287. The monoisotopic (exact) mass is 229 g/mol. The van der Waals surface area contributed by atoms with Crippen LogP contribution in [0.1, 0.15) is 18.9 Å². The molecule has 1 fully saturated rings. The molecule has 0 radical (unpaired) electrons. The second-order valence-electron chi connectivity index (χ2n) is 3.47. The molecule has 2 heterocycles. The molecule has 1 aliphatic rings. The lowest BCUT2D eigenvalue weighted by molar-refractivity contribution is -0.140. The Bertz CT molecular complexity index is 414. The molecule has 0 amide bonds. The van der Waals surface area contributed by atoms with E-state index >= 15 is 0 Å². The average Bonchev–Trinajstić information content (AvgIpc) is 2.65. The molecule has 2 atom stereocenters. The van der Waals surface area contributed by atoms with E-state index in [0.717, 1.165) is 6.42 Å². The van der Waals surface area contributed by atoms with Crippen molar-refractivity contribution in [3.8, 4) is 0 Å². The van der Waals surface area contributed by atoms with Crippen molar-refractivity contribution in [2.75, 3.05) is 6.54 Å². The largest absolute Gasteiger partial charge is 0.480 e. The second-order valence-corrected chi connectivity index (χ2v) is 3.86. The number of aromatic amines is 1. The van der Waals surface area contributed by atoms with Crippen molar-refractivity contribution >= 4 is 18.2 Å². The molecule has 0 saturated carbocycles. The summed E-state index contributed by atoms with van der Waals surface area (Å²) in [4.78, 5) is 12.3. The van der Waals surface area contributed by atoms with Crippen LogP contribution < -0.4 is 5.32 Å². The molecule has 3 N–H and O–H groups in total. The number of carboxylic acids is 1. The van der Waals surface area contributed by atoms with Crippen molar-refractivity contribution in [1.82, 2.24) is 25.5 Å². The lowest BCUT2D eigenvalue weighted by atomic mass is 10.0. The van der Waals surface area contributed by atoms with E-state index in [9.17, 15) is 4.79 Å². The summed E-state index contributed by atoms with van der Waals surface area (Å²) in [5, 5.41) is 22.1. The SMILES string of the molecule is O=C(O)[C@H]1C[C@H](n2nnc(=S)[nH]2)CCN1. The van der Waals surface area contributed by atoms with Crippen LogP contribution in [0.5, 0.6) is 0 Å². The Morgan fingerprint density at radius 1 is 1.67 bits per heavy atom. The zero-order valence-corrected chi connectivity index (χ0v) is 8.70. The first-order valence-electron chi connectivity index (χ1n) is 4.64. The molecule has 7 nitrogen and oxygen atoms in total. The first-order valence-corrected chi connectivity index (χ1v) is 5.05. The van der Waals surface area contributed by atoms with Gasteiger partial charge in [-0.05, 0) is 36.8 Å². The third-order valence-electron chi connectivity index (χ3n) is 2.46. The van der Waals surface area contributed by atoms with Gasteiger partial charge in [-0.3, -0.25) is 9.89 Å². The van der Waals surface area contributed by atoms with E-state index in [4.69, 9.17) is 17.3 Å². The van der Waals surface area contributed by atoms with Crippen molar-refractivity contribution < 1.29 is 9.90 Å². The number of nitrogens with zero attached hydrogens (tertiary/aromatic N) is 3. The molecule has 0 bridgehead atoms. The maximum absolute atomic E-state index is 10.8. The highest BCUT2D eigenvalue weighted by Crippen LogP contribution is 2.19. The summed E-state index contributed by atoms with van der Waals surface area (Å²) in [6.45, 7) is 0.655. The third-order valence-corrected chi connectivity index (χ3v) is 2.64. The summed E-state index contributed by atoms with van der Waals surface area (Å²) in [7, 11) is 0. The average molecular weight is 229 g/mol. The van der Waals surface area contributed by atoms with Crippen molar-refractivity contribution in [2.45, 2.75) is 24.9 Å². The van der Waals surface area contributed by atoms with Crippen LogP contribution in [0.2, 0.25) is 0 Å². The second kappa shape index (κ2) is 4.07. The summed E-state index contributed by atoms with van der Waals surface area (Å²) in [5.74, 6) is -0.835. The van der Waals surface area contributed by atoms with Crippen molar-refractivity contribution in [1.29, 1.82) is 0 Å². The minimum absolute atomic E-state index is 0.0246. The molecular formula is C7H11N5O2S. The Labute approximate surface area is 90.5 Å². The summed E-state index contributed by atoms with van der Waals surface area (Å²) in [6.07, 6.45) is 1.31. The Balaban J connectivity index is 2.10. The van der Waals surface area contributed by atoms with Gasteiger partial charge in [0.05, 0.1) is 6.04 Å². The van der Waals surface area contributed by atoms with Gasteiger partial charge in [-0.2, -0.15) is 4.80 Å². The molecule has 1 aromatic rings. The van der Waals surface area contributed by atoms with Crippen LogP contribution in [0.25, 0.3) is 0 Å². The molecule has 0 aliphatic carbocycles. The highest BCUT2D eigenvalue weighted by Gasteiger charge is 2.28. The normalized spacial score (nSPS) is 26.4. The van der Waals surface area contributed by atoms with Crippen LogP contribution in [0.3, 0.4) is 0 Å². The van der Waals surface area contributed by atoms with Gasteiger partial charge >= 0.3 is 5.97 Å². The maximum Gasteiger partial charge on any atom is 0.320 e. The summed E-state index contributed by atoms with van der Waals surface area (Å²) >= 11 is 4.80. The fourth-order valence-corrected chi connectivity index (χ4v) is 1.83. The van der Waals surface area contributed by atoms with Gasteiger partial charge in [-0.1, -0.05) is 5.10 Å². The molecule has 0 aromatic carbocycles. The van der Waals surface area contributed by atoms with E-state index in [0.29, 0.717) is 17.7 Å². The minimum Gasteiger partial charge on any atom is -0.480 e. The molecular weight excluding hydrogens is 218 g/mol. The van der Waals surface area contributed by atoms with E-state index in [1.807, 2.05) is 0 Å². The van der Waals surface area contributed by atoms with E-state index in [1.54, 1.807) is 4.80 Å². The Hall–Kier alpha value is -1.28. The molecule has 2 rings (SSSR count). The highest BCUT2D eigenvalue weighted by atomic mass is 32.1. The van der Waals surface area contributed by atoms with Gasteiger partial charge in [0.15, 0.2) is 0 Å². The van der Waals surface area contributed by atoms with Gasteiger partial charge < -0.3 is 10.4 Å². The quantitative estimate of drug-likeness (QED) is 0.603. The van der Waals surface area contributed by atoms with E-state index < -0.39 is 12.0 Å². The number of nitrogens with one attached hydrogen (secondary N) is 2. The number of carbonyl (C=O) groups is 1. The first kappa shape index (κ1) is 10.2. The van der Waals surface area contributed by atoms with Crippen LogP contribution in [0.4, 0.5) is 0 Å². The number of H-pyrrole nitrogens is 1. The topological polar surface area (TPSA) is 95.8 Å². The number of carboxylic acid groups (broad SMARTS) is 1. The molecule has 1 saturated heterocycles. The van der Waals surface area contributed by atoms with Crippen LogP contribution in [0, 0.1) is 4.77 Å². The number of tetrazole rings is 1. The molecule has 8 heteroatoms. The summed E-state index contributed by atoms with van der Waals surface area (Å²) in [5.41, 5.74) is 0. The van der Waals surface area contributed by atoms with E-state index in [-0.39, 0.29) is 6.04 Å². The van der Waals surface area contributed by atoms with Gasteiger partial charge in [0, 0.05) is 0 Å². The number of hydrogen-bond donors (Lipinski definition) is 3. The molecule has 0 unspecified atom stereocenters. The van der Waals surface area contributed by atoms with Gasteiger partial charge in [-0.25, -0.2) is 0 Å². The van der Waals surface area contributed by atoms with E-state index in [2.05, 4.69) is 20.7 Å². The van der Waals surface area contributed by atoms with Crippen molar-refractivity contribution in [2.24, 2.45) is 0 Å². The number of piperidine rings is 1. The minimum atomic E-state index is -0.835. The lowest BCUT2D eigenvalue weighted by Gasteiger charge is -2.26. The zero-order chi connectivity index (χ0) is 10.8. The maximum atomic E-state index is 10.8. The van der Waals surface area contributed by atoms with Gasteiger partial charge in [-0.15, -0.1) is 0 Å². The standard InChI is InChI=1S/C7H11N5O2S/c13-6(14)5-3-4(1-2-8-5)12-10-7(15)9-11-12/h4-5,8H,1-3H2,(H,10,15)(H,13,14)/t4-,5-/m1/s1. The molecule has 82 valence electrons. The van der Waals surface area contributed by atoms with Crippen LogP contribution in [-0.4, -0.2) is 43.9 Å². The van der Waals surface area contributed by atoms with Crippen LogP contribution in [0.15, 0.2) is 0 Å². The summed E-state index contributed by atoms with van der Waals surface area (Å²) < 4.78 is 0.320. The number of aromatic nitrogens is 4. The molecule has 0 spiro atoms. The van der Waals surface area contributed by atoms with E-state index in [1.165, 1.54) is 0 Å². The highest BCUT2D eigenvalue weighted by molar-refractivity contribution is 7.71. The third kappa shape index (κ3) is 2.21. The van der Waals surface area contributed by atoms with Crippen LogP contribution >= 0.6 is 12.2 Å². The lowest BCUT2D eigenvalue weighted by Crippen LogP contribution is -2.44. The Morgan fingerprint density at radius 2 is 2.47 bits per heavy atom. The fraction of sp³-hybridized carbons (Fsp3) is 0.714. The predicted molar refractivity (Wildman–Crippen MR) is 52.9 cm³/mol. The Morgan fingerprint density at radius 3 is 3.07 bits per heavy atom. The summed E-state index contributed by atoms with van der Waals surface area (Å²) in [6, 6.07) is -0.494. The zero-order valence-electron chi connectivity index (χ0n) is 7.88. The number of aliphatic carboxylic acids is 1. The fourth-order valence-electron chi connectivity index (χ4n) is 1.70. The molecule has 1 aromatic heterocycles. The van der Waals surface area contributed by atoms with Crippen LogP contribution in [-0.2, 0) is 4.79 Å². The van der Waals surface area contributed by atoms with Gasteiger partial charge in [0.25, 0.3) is 0 Å². The molecule has 1 aliphatic heterocycles. The van der Waals surface area contributed by atoms with Gasteiger partial charge in [0.2, 0.25) is 4.77 Å². The van der Waals surface area contributed by atoms with Crippen molar-refractivity contribution in [3.05, 3.63) is 4.77 Å². The first-order chi connectivity index (χ1) is 7.16. The van der Waals surface area contributed by atoms with Crippen molar-refractivity contribution in [3.63, 3.8) is 0 Å². The number of hydrogen-bond acceptors (Lipinski definition) is 5. The molecule has 15 heavy (non-hydrogen) atoms. The smallest absolute Gasteiger partial charge is 0.320 e.